The van der Waals surface area contributed by atoms with Crippen LogP contribution >= 0.6 is 0 Å². The van der Waals surface area contributed by atoms with Crippen LogP contribution in [0.15, 0.2) is 55.6 Å². The fraction of sp³-hybridized carbons (Fsp3) is 0.632. The lowest BCUT2D eigenvalue weighted by atomic mass is 9.70. The quantitative estimate of drug-likeness (QED) is 0.116. The van der Waals surface area contributed by atoms with Crippen LogP contribution in [-0.2, 0) is 28.7 Å². The van der Waals surface area contributed by atoms with Crippen LogP contribution < -0.4 is 5.32 Å². The number of hydrogen-bond donors (Lipinski definition) is 2. The monoisotopic (exact) mass is 665 g/mol. The zero-order valence-electron chi connectivity index (χ0n) is 29.0. The Labute approximate surface area is 285 Å². The number of aliphatic hydroxyl groups excluding tert-OH is 1. The van der Waals surface area contributed by atoms with Crippen LogP contribution in [0.25, 0.3) is 0 Å². The zero-order valence-corrected chi connectivity index (χ0v) is 29.0. The van der Waals surface area contributed by atoms with Crippen LogP contribution in [0.5, 0.6) is 0 Å². The number of unbranched alkanes of at least 4 members (excludes halogenated alkanes) is 3. The van der Waals surface area contributed by atoms with Gasteiger partial charge in [0.15, 0.2) is 0 Å². The first-order chi connectivity index (χ1) is 23.1. The van der Waals surface area contributed by atoms with E-state index in [4.69, 9.17) is 9.47 Å². The maximum absolute atomic E-state index is 14.6. The maximum atomic E-state index is 14.6. The Morgan fingerprint density at radius 1 is 1.15 bits per heavy atom. The number of esters is 1. The number of nitrogens with zero attached hydrogens (tertiary/aromatic N) is 2. The highest BCUT2D eigenvalue weighted by Crippen LogP contribution is 2.59. The fourth-order valence-electron chi connectivity index (χ4n) is 7.99. The predicted molar refractivity (Wildman–Crippen MR) is 183 cm³/mol. The van der Waals surface area contributed by atoms with E-state index in [0.717, 1.165) is 31.2 Å². The van der Waals surface area contributed by atoms with E-state index < -0.39 is 47.7 Å². The van der Waals surface area contributed by atoms with Crippen molar-refractivity contribution in [2.45, 2.75) is 121 Å². The van der Waals surface area contributed by atoms with Gasteiger partial charge in [0.25, 0.3) is 0 Å². The number of carbonyl (C=O) groups is 4. The molecule has 10 heteroatoms. The molecule has 1 unspecified atom stereocenters. The second-order valence-electron chi connectivity index (χ2n) is 13.6. The van der Waals surface area contributed by atoms with Crippen LogP contribution in [0.3, 0.4) is 0 Å². The van der Waals surface area contributed by atoms with Crippen molar-refractivity contribution in [3.05, 3.63) is 61.2 Å². The van der Waals surface area contributed by atoms with Gasteiger partial charge in [-0.3, -0.25) is 19.2 Å². The molecule has 10 nitrogen and oxygen atoms in total. The fourth-order valence-corrected chi connectivity index (χ4v) is 7.99. The molecule has 3 saturated heterocycles. The van der Waals surface area contributed by atoms with E-state index >= 15 is 0 Å². The van der Waals surface area contributed by atoms with Gasteiger partial charge in [0.1, 0.15) is 17.7 Å². The number of nitrogens with one attached hydrogen (secondary N) is 1. The standard InChI is InChI=1S/C38H55N3O7/c1-6-9-20-30(43)39-27(5)33(28-18-13-12-14-19-28)47-37(46)31-29-21-22-38(48-29)32(31)35(44)41(24-15-10-11-16-25-42)34(38)36(45)40(23-8-3)26(4)17-7-2/h6,8,12-14,18-19,26-27,29,31-34,42H,1,3,7,9-11,15-17,20-25H2,2,4-5H3,(H,39,43)/t26?,27-,29-,31+,32+,33-,34-,38+/m1/s1. The molecule has 3 heterocycles. The van der Waals surface area contributed by atoms with Gasteiger partial charge >= 0.3 is 5.97 Å². The summed E-state index contributed by atoms with van der Waals surface area (Å²) < 4.78 is 12.9. The minimum absolute atomic E-state index is 0.0633. The first-order valence-corrected chi connectivity index (χ1v) is 17.8. The summed E-state index contributed by atoms with van der Waals surface area (Å²) in [6.45, 7) is 14.3. The summed E-state index contributed by atoms with van der Waals surface area (Å²) in [5.74, 6) is -2.88. The van der Waals surface area contributed by atoms with E-state index in [-0.39, 0.29) is 36.8 Å². The van der Waals surface area contributed by atoms with Crippen molar-refractivity contribution in [1.29, 1.82) is 0 Å². The topological polar surface area (TPSA) is 125 Å². The molecule has 0 aromatic heterocycles. The molecular formula is C38H55N3O7. The minimum Gasteiger partial charge on any atom is -0.455 e. The number of hydrogen-bond acceptors (Lipinski definition) is 7. The Hall–Kier alpha value is -3.50. The second-order valence-corrected chi connectivity index (χ2v) is 13.6. The smallest absolute Gasteiger partial charge is 0.313 e. The number of rotatable bonds is 20. The molecule has 3 amide bonds. The lowest BCUT2D eigenvalue weighted by Gasteiger charge is -2.39. The predicted octanol–water partition coefficient (Wildman–Crippen LogP) is 4.87. The van der Waals surface area contributed by atoms with Crippen molar-refractivity contribution < 1.29 is 33.8 Å². The number of likely N-dealkylation sites (tertiary alicyclic amines) is 1. The molecule has 8 atom stereocenters. The molecular weight excluding hydrogens is 610 g/mol. The first-order valence-electron chi connectivity index (χ1n) is 17.8. The molecule has 4 rings (SSSR count). The molecule has 2 N–H and O–H groups in total. The Morgan fingerprint density at radius 2 is 1.88 bits per heavy atom. The van der Waals surface area contributed by atoms with Gasteiger partial charge in [-0.1, -0.05) is 68.7 Å². The van der Waals surface area contributed by atoms with Crippen molar-refractivity contribution in [1.82, 2.24) is 15.1 Å². The van der Waals surface area contributed by atoms with E-state index in [1.54, 1.807) is 28.9 Å². The lowest BCUT2D eigenvalue weighted by Crippen LogP contribution is -2.57. The molecule has 3 aliphatic heterocycles. The van der Waals surface area contributed by atoms with Gasteiger partial charge in [-0.15, -0.1) is 13.2 Å². The van der Waals surface area contributed by atoms with E-state index in [9.17, 15) is 24.3 Å². The molecule has 1 aromatic rings. The van der Waals surface area contributed by atoms with E-state index in [0.29, 0.717) is 45.2 Å². The lowest BCUT2D eigenvalue weighted by molar-refractivity contribution is -0.162. The second kappa shape index (κ2) is 17.2. The van der Waals surface area contributed by atoms with Gasteiger partial charge < -0.3 is 29.7 Å². The highest BCUT2D eigenvalue weighted by atomic mass is 16.6. The third kappa shape index (κ3) is 7.86. The molecule has 0 saturated carbocycles. The van der Waals surface area contributed by atoms with Gasteiger partial charge in [-0.2, -0.15) is 0 Å². The summed E-state index contributed by atoms with van der Waals surface area (Å²) in [7, 11) is 0. The third-order valence-electron chi connectivity index (χ3n) is 10.3. The largest absolute Gasteiger partial charge is 0.455 e. The van der Waals surface area contributed by atoms with Crippen molar-refractivity contribution in [3.8, 4) is 0 Å². The number of aliphatic hydroxyl groups is 1. The van der Waals surface area contributed by atoms with Gasteiger partial charge in [-0.25, -0.2) is 0 Å². The summed E-state index contributed by atoms with van der Waals surface area (Å²) in [6, 6.07) is 7.80. The normalized spacial score (nSPS) is 26.0. The highest BCUT2D eigenvalue weighted by molar-refractivity contribution is 5.98. The average molecular weight is 666 g/mol. The third-order valence-corrected chi connectivity index (χ3v) is 10.3. The van der Waals surface area contributed by atoms with Gasteiger partial charge in [-0.05, 0) is 57.9 Å². The molecule has 48 heavy (non-hydrogen) atoms. The van der Waals surface area contributed by atoms with Gasteiger partial charge in [0.2, 0.25) is 17.7 Å². The Balaban J connectivity index is 1.65. The zero-order chi connectivity index (χ0) is 34.8. The molecule has 1 aromatic carbocycles. The van der Waals surface area contributed by atoms with Gasteiger partial charge in [0.05, 0.1) is 24.0 Å². The van der Waals surface area contributed by atoms with E-state index in [2.05, 4.69) is 25.4 Å². The highest BCUT2D eigenvalue weighted by Gasteiger charge is 2.75. The molecule has 264 valence electrons. The van der Waals surface area contributed by atoms with Crippen LogP contribution in [0.4, 0.5) is 0 Å². The van der Waals surface area contributed by atoms with Crippen molar-refractivity contribution in [2.24, 2.45) is 11.8 Å². The summed E-state index contributed by atoms with van der Waals surface area (Å²) in [5, 5.41) is 12.2. The van der Waals surface area contributed by atoms with E-state index in [1.807, 2.05) is 37.3 Å². The Kier molecular flexibility index (Phi) is 13.4. The van der Waals surface area contributed by atoms with Crippen LogP contribution in [0.1, 0.15) is 96.6 Å². The van der Waals surface area contributed by atoms with Crippen LogP contribution in [-0.4, -0.2) is 88.1 Å². The number of amides is 3. The van der Waals surface area contributed by atoms with Crippen LogP contribution in [0.2, 0.25) is 0 Å². The number of carbonyl (C=O) groups excluding carboxylic acids is 4. The summed E-state index contributed by atoms with van der Waals surface area (Å²) in [6.07, 6.45) is 8.55. The van der Waals surface area contributed by atoms with Crippen molar-refractivity contribution >= 4 is 23.7 Å². The molecule has 3 aliphatic rings. The summed E-state index contributed by atoms with van der Waals surface area (Å²) >= 11 is 0. The van der Waals surface area contributed by atoms with Gasteiger partial charge in [0, 0.05) is 32.2 Å². The Morgan fingerprint density at radius 3 is 2.54 bits per heavy atom. The molecule has 0 radical (unpaired) electrons. The summed E-state index contributed by atoms with van der Waals surface area (Å²) in [5.41, 5.74) is -0.410. The number of benzene rings is 1. The molecule has 3 fully saturated rings. The number of allylic oxidation sites excluding steroid dienone is 1. The first kappa shape index (κ1) is 37.3. The van der Waals surface area contributed by atoms with Crippen molar-refractivity contribution in [2.75, 3.05) is 19.7 Å². The maximum Gasteiger partial charge on any atom is 0.313 e. The SMILES string of the molecule is C=CCCC(=O)N[C@H](C)[C@@H](OC(=O)[C@@H]1[C@H]2C(=O)N(CCCCCCO)[C@H](C(=O)N(CC=C)C(C)CCC)[C@]23CC[C@H]1O3)c1ccccc1. The van der Waals surface area contributed by atoms with Crippen molar-refractivity contribution in [3.63, 3.8) is 0 Å². The Bertz CT molecular complexity index is 1290. The van der Waals surface area contributed by atoms with E-state index in [1.165, 1.54) is 0 Å². The average Bonchev–Trinajstić information content (AvgIpc) is 3.72. The van der Waals surface area contributed by atoms with Crippen LogP contribution in [0, 0.1) is 11.8 Å². The summed E-state index contributed by atoms with van der Waals surface area (Å²) in [4.78, 5) is 59.4. The molecule has 2 bridgehead atoms. The molecule has 0 aliphatic carbocycles. The number of ether oxygens (including phenoxy) is 2. The number of fused-ring (bicyclic) bond motifs is 1. The molecule has 1 spiro atoms. The minimum atomic E-state index is -1.13.